The summed E-state index contributed by atoms with van der Waals surface area (Å²) in [5, 5.41) is 2.92. The number of amides is 1. The summed E-state index contributed by atoms with van der Waals surface area (Å²) in [5.74, 6) is 0.146. The molecule has 164 valence electrons. The van der Waals surface area contributed by atoms with E-state index in [4.69, 9.17) is 9.47 Å². The summed E-state index contributed by atoms with van der Waals surface area (Å²) in [6.45, 7) is 2.45. The number of hydrogen-bond donors (Lipinski definition) is 1. The van der Waals surface area contributed by atoms with E-state index in [0.717, 1.165) is 29.7 Å². The second kappa shape index (κ2) is 11.5. The number of nitrogens with one attached hydrogen (secondary N) is 1. The van der Waals surface area contributed by atoms with Crippen molar-refractivity contribution in [2.75, 3.05) is 19.0 Å². The van der Waals surface area contributed by atoms with Crippen LogP contribution in [0.3, 0.4) is 0 Å². The molecule has 0 aliphatic carbocycles. The van der Waals surface area contributed by atoms with Crippen LogP contribution in [-0.4, -0.2) is 25.6 Å². The van der Waals surface area contributed by atoms with E-state index in [1.54, 1.807) is 31.4 Å². The molecule has 1 amide bonds. The first-order valence-electron chi connectivity index (χ1n) is 10.6. The molecule has 3 aromatic carbocycles. The van der Waals surface area contributed by atoms with Crippen molar-refractivity contribution in [3.8, 4) is 5.75 Å². The highest BCUT2D eigenvalue weighted by molar-refractivity contribution is 6.29. The summed E-state index contributed by atoms with van der Waals surface area (Å²) >= 11 is 0. The van der Waals surface area contributed by atoms with Crippen molar-refractivity contribution in [2.45, 2.75) is 19.8 Å². The van der Waals surface area contributed by atoms with Crippen molar-refractivity contribution in [1.82, 2.24) is 0 Å². The van der Waals surface area contributed by atoms with Gasteiger partial charge in [-0.15, -0.1) is 0 Å². The number of esters is 1. The maximum Gasteiger partial charge on any atom is 0.338 e. The summed E-state index contributed by atoms with van der Waals surface area (Å²) in [5.41, 5.74) is 3.26. The molecular formula is C27H27NO4. The summed E-state index contributed by atoms with van der Waals surface area (Å²) in [4.78, 5) is 25.2. The third-order valence-corrected chi connectivity index (χ3v) is 4.87. The van der Waals surface area contributed by atoms with Gasteiger partial charge in [-0.3, -0.25) is 4.79 Å². The van der Waals surface area contributed by atoms with Crippen molar-refractivity contribution in [1.29, 1.82) is 0 Å². The standard InChI is InChI=1S/C27H27NO4/c1-3-4-18-32-27(30)22-12-14-23(15-13-22)28-26(29)25(21-8-6-5-7-9-21)19-20-10-16-24(31-2)17-11-20/h5-17,19H,3-4,18H2,1-2H3,(H,28,29)/b25-19+. The SMILES string of the molecule is CCCCOC(=O)c1ccc(NC(=O)/C(=C/c2ccc(OC)cc2)c2ccccc2)cc1. The van der Waals surface area contributed by atoms with Crippen LogP contribution in [0.1, 0.15) is 41.3 Å². The zero-order chi connectivity index (χ0) is 22.8. The minimum Gasteiger partial charge on any atom is -0.497 e. The Morgan fingerprint density at radius 3 is 2.19 bits per heavy atom. The molecule has 0 atom stereocenters. The Morgan fingerprint density at radius 1 is 0.875 bits per heavy atom. The highest BCUT2D eigenvalue weighted by atomic mass is 16.5. The first-order chi connectivity index (χ1) is 15.6. The minimum absolute atomic E-state index is 0.245. The second-order valence-corrected chi connectivity index (χ2v) is 7.22. The van der Waals surface area contributed by atoms with E-state index < -0.39 is 0 Å². The molecule has 1 N–H and O–H groups in total. The van der Waals surface area contributed by atoms with Gasteiger partial charge < -0.3 is 14.8 Å². The molecule has 0 saturated heterocycles. The van der Waals surface area contributed by atoms with E-state index in [9.17, 15) is 9.59 Å². The zero-order valence-electron chi connectivity index (χ0n) is 18.3. The van der Waals surface area contributed by atoms with Gasteiger partial charge in [-0.25, -0.2) is 4.79 Å². The molecule has 0 bridgehead atoms. The first-order valence-corrected chi connectivity index (χ1v) is 10.6. The molecule has 0 radical (unpaired) electrons. The summed E-state index contributed by atoms with van der Waals surface area (Å²) < 4.78 is 10.4. The Balaban J connectivity index is 1.78. The molecule has 0 unspecified atom stereocenters. The molecular weight excluding hydrogens is 402 g/mol. The molecule has 3 aromatic rings. The van der Waals surface area contributed by atoms with Crippen molar-refractivity contribution in [3.63, 3.8) is 0 Å². The number of anilines is 1. The monoisotopic (exact) mass is 429 g/mol. The smallest absolute Gasteiger partial charge is 0.338 e. The Labute approximate surface area is 188 Å². The van der Waals surface area contributed by atoms with Crippen LogP contribution in [0, 0.1) is 0 Å². The molecule has 0 spiro atoms. The van der Waals surface area contributed by atoms with Gasteiger partial charge in [0.25, 0.3) is 5.91 Å². The predicted molar refractivity (Wildman–Crippen MR) is 128 cm³/mol. The van der Waals surface area contributed by atoms with Crippen molar-refractivity contribution >= 4 is 29.2 Å². The molecule has 0 saturated carbocycles. The summed E-state index contributed by atoms with van der Waals surface area (Å²) in [6, 6.07) is 23.7. The lowest BCUT2D eigenvalue weighted by molar-refractivity contribution is -0.111. The molecule has 5 heteroatoms. The number of ether oxygens (including phenoxy) is 2. The summed E-state index contributed by atoms with van der Waals surface area (Å²) in [6.07, 6.45) is 3.64. The van der Waals surface area contributed by atoms with E-state index >= 15 is 0 Å². The average Bonchev–Trinajstić information content (AvgIpc) is 2.84. The van der Waals surface area contributed by atoms with Gasteiger partial charge in [-0.1, -0.05) is 55.8 Å². The van der Waals surface area contributed by atoms with Gasteiger partial charge in [0.15, 0.2) is 0 Å². The topological polar surface area (TPSA) is 64.6 Å². The number of unbranched alkanes of at least 4 members (excludes halogenated alkanes) is 1. The van der Waals surface area contributed by atoms with Crippen LogP contribution in [0.5, 0.6) is 5.75 Å². The average molecular weight is 430 g/mol. The predicted octanol–water partition coefficient (Wildman–Crippen LogP) is 5.83. The van der Waals surface area contributed by atoms with E-state index in [-0.39, 0.29) is 11.9 Å². The van der Waals surface area contributed by atoms with Crippen LogP contribution in [0.2, 0.25) is 0 Å². The molecule has 3 rings (SSSR count). The van der Waals surface area contributed by atoms with Crippen LogP contribution in [0.4, 0.5) is 5.69 Å². The number of benzene rings is 3. The third kappa shape index (κ3) is 6.32. The fraction of sp³-hybridized carbons (Fsp3) is 0.185. The lowest BCUT2D eigenvalue weighted by atomic mass is 10.0. The number of methoxy groups -OCH3 is 1. The van der Waals surface area contributed by atoms with E-state index in [0.29, 0.717) is 23.4 Å². The molecule has 0 aromatic heterocycles. The van der Waals surface area contributed by atoms with Crippen LogP contribution in [-0.2, 0) is 9.53 Å². The lowest BCUT2D eigenvalue weighted by Gasteiger charge is -2.11. The normalized spacial score (nSPS) is 11.0. The Kier molecular flexibility index (Phi) is 8.21. The van der Waals surface area contributed by atoms with Crippen LogP contribution < -0.4 is 10.1 Å². The Morgan fingerprint density at radius 2 is 1.56 bits per heavy atom. The largest absolute Gasteiger partial charge is 0.497 e. The maximum absolute atomic E-state index is 13.1. The van der Waals surface area contributed by atoms with Crippen LogP contribution in [0.25, 0.3) is 11.6 Å². The van der Waals surface area contributed by atoms with E-state index in [2.05, 4.69) is 5.32 Å². The van der Waals surface area contributed by atoms with Crippen molar-refractivity contribution in [2.24, 2.45) is 0 Å². The maximum atomic E-state index is 13.1. The molecule has 5 nitrogen and oxygen atoms in total. The third-order valence-electron chi connectivity index (χ3n) is 4.87. The lowest BCUT2D eigenvalue weighted by Crippen LogP contribution is -2.14. The Hall–Kier alpha value is -3.86. The number of rotatable bonds is 9. The van der Waals surface area contributed by atoms with Gasteiger partial charge in [-0.2, -0.15) is 0 Å². The fourth-order valence-corrected chi connectivity index (χ4v) is 3.05. The van der Waals surface area contributed by atoms with Crippen LogP contribution in [0.15, 0.2) is 78.9 Å². The molecule has 0 aliphatic rings. The molecule has 0 aliphatic heterocycles. The molecule has 32 heavy (non-hydrogen) atoms. The molecule has 0 heterocycles. The van der Waals surface area contributed by atoms with Gasteiger partial charge in [0.1, 0.15) is 5.75 Å². The zero-order valence-corrected chi connectivity index (χ0v) is 18.3. The highest BCUT2D eigenvalue weighted by Gasteiger charge is 2.13. The first kappa shape index (κ1) is 22.8. The fourth-order valence-electron chi connectivity index (χ4n) is 3.05. The number of carbonyl (C=O) groups is 2. The van der Waals surface area contributed by atoms with Gasteiger partial charge in [0, 0.05) is 11.3 Å². The van der Waals surface area contributed by atoms with E-state index in [1.165, 1.54) is 0 Å². The summed E-state index contributed by atoms with van der Waals surface area (Å²) in [7, 11) is 1.61. The van der Waals surface area contributed by atoms with Gasteiger partial charge in [0.2, 0.25) is 0 Å². The van der Waals surface area contributed by atoms with Gasteiger partial charge >= 0.3 is 5.97 Å². The van der Waals surface area contributed by atoms with E-state index in [1.807, 2.05) is 67.6 Å². The van der Waals surface area contributed by atoms with Crippen LogP contribution >= 0.6 is 0 Å². The Bertz CT molecular complexity index is 1060. The van der Waals surface area contributed by atoms with Gasteiger partial charge in [0.05, 0.1) is 19.3 Å². The second-order valence-electron chi connectivity index (χ2n) is 7.22. The quantitative estimate of drug-likeness (QED) is 0.201. The van der Waals surface area contributed by atoms with Crippen molar-refractivity contribution in [3.05, 3.63) is 95.6 Å². The minimum atomic E-state index is -0.360. The number of hydrogen-bond acceptors (Lipinski definition) is 4. The van der Waals surface area contributed by atoms with Crippen molar-refractivity contribution < 1.29 is 19.1 Å². The van der Waals surface area contributed by atoms with Gasteiger partial charge in [-0.05, 0) is 60.0 Å². The number of carbonyl (C=O) groups excluding carboxylic acids is 2. The molecule has 0 fully saturated rings. The highest BCUT2D eigenvalue weighted by Crippen LogP contribution is 2.22.